The first-order chi connectivity index (χ1) is 29.9. The number of aromatic nitrogens is 1. The molecule has 0 saturated carbocycles. The summed E-state index contributed by atoms with van der Waals surface area (Å²) in [6.45, 7) is 13.4. The summed E-state index contributed by atoms with van der Waals surface area (Å²) in [7, 11) is 1.43. The zero-order valence-corrected chi connectivity index (χ0v) is 36.5. The molecule has 1 saturated heterocycles. The lowest BCUT2D eigenvalue weighted by Gasteiger charge is -2.35. The van der Waals surface area contributed by atoms with Gasteiger partial charge in [0, 0.05) is 106 Å². The number of carbonyl (C=O) groups is 2. The van der Waals surface area contributed by atoms with Crippen LogP contribution in [0.5, 0.6) is 11.5 Å². The summed E-state index contributed by atoms with van der Waals surface area (Å²) in [6.07, 6.45) is 3.66. The van der Waals surface area contributed by atoms with E-state index < -0.39 is 82.2 Å². The number of aromatic hydroxyl groups is 1. The van der Waals surface area contributed by atoms with Gasteiger partial charge in [0.05, 0.1) is 35.2 Å². The van der Waals surface area contributed by atoms with Crippen LogP contribution >= 0.6 is 0 Å². The van der Waals surface area contributed by atoms with Crippen molar-refractivity contribution in [3.63, 3.8) is 0 Å². The van der Waals surface area contributed by atoms with E-state index in [-0.39, 0.29) is 67.2 Å². The molecule has 17 heteroatoms. The Morgan fingerprint density at radius 2 is 1.70 bits per heavy atom. The number of phenolic OH excluding ortho intramolecular Hbond substituents is 1. The van der Waals surface area contributed by atoms with E-state index in [1.807, 2.05) is 4.90 Å². The van der Waals surface area contributed by atoms with Gasteiger partial charge in [-0.3, -0.25) is 19.2 Å². The first kappa shape index (κ1) is 45.0. The molecule has 1 amide bonds. The third kappa shape index (κ3) is 8.33. The number of piperazine rings is 1. The number of amides is 1. The Bertz CT molecular complexity index is 2760. The quantitative estimate of drug-likeness (QED) is 0.0977. The number of esters is 1. The highest BCUT2D eigenvalue weighted by atomic mass is 16.7. The summed E-state index contributed by atoms with van der Waals surface area (Å²) >= 11 is 0. The fourth-order valence-corrected chi connectivity index (χ4v) is 8.54. The van der Waals surface area contributed by atoms with Crippen molar-refractivity contribution in [2.45, 2.75) is 85.1 Å². The summed E-state index contributed by atoms with van der Waals surface area (Å²) in [5.74, 6) is -6.27. The van der Waals surface area contributed by atoms with Crippen molar-refractivity contribution in [2.75, 3.05) is 43.5 Å². The Labute approximate surface area is 362 Å². The van der Waals surface area contributed by atoms with Crippen LogP contribution in [0.4, 0.5) is 11.4 Å². The highest BCUT2D eigenvalue weighted by Crippen LogP contribution is 2.42. The van der Waals surface area contributed by atoms with Crippen molar-refractivity contribution in [1.29, 1.82) is 0 Å². The highest BCUT2D eigenvalue weighted by Gasteiger charge is 2.44. The minimum atomic E-state index is -1.97. The number of allylic oxidation sites excluding steroid dienone is 2. The molecule has 1 aromatic heterocycles. The number of aliphatic hydroxyl groups is 3. The van der Waals surface area contributed by atoms with Gasteiger partial charge in [-0.1, -0.05) is 39.0 Å². The fourth-order valence-electron chi connectivity index (χ4n) is 8.54. The van der Waals surface area contributed by atoms with Crippen LogP contribution in [0.3, 0.4) is 0 Å². The van der Waals surface area contributed by atoms with Gasteiger partial charge >= 0.3 is 11.8 Å². The molecule has 63 heavy (non-hydrogen) atoms. The maximum Gasteiger partial charge on any atom is 0.307 e. The molecule has 6 N–H and O–H groups in total. The molecule has 0 radical (unpaired) electrons. The molecule has 0 aliphatic carbocycles. The van der Waals surface area contributed by atoms with Crippen LogP contribution in [0.2, 0.25) is 0 Å². The molecule has 0 unspecified atom stereocenters. The maximum atomic E-state index is 14.8. The lowest BCUT2D eigenvalue weighted by atomic mass is 9.81. The third-order valence-corrected chi connectivity index (χ3v) is 12.5. The van der Waals surface area contributed by atoms with Crippen LogP contribution in [-0.2, 0) is 23.8 Å². The third-order valence-electron chi connectivity index (χ3n) is 12.5. The second-order valence-corrected chi connectivity index (χ2v) is 16.8. The average molecular weight is 871 g/mol. The molecule has 3 aromatic carbocycles. The summed E-state index contributed by atoms with van der Waals surface area (Å²) in [4.78, 5) is 61.5. The van der Waals surface area contributed by atoms with Crippen LogP contribution < -0.4 is 36.3 Å². The molecular formula is C46H54N4O13. The van der Waals surface area contributed by atoms with Crippen molar-refractivity contribution < 1.29 is 53.4 Å². The molecule has 17 nitrogen and oxygen atoms in total. The highest BCUT2D eigenvalue weighted by molar-refractivity contribution is 6.16. The van der Waals surface area contributed by atoms with Crippen molar-refractivity contribution in [3.8, 4) is 11.5 Å². The number of methoxy groups -OCH3 is 1. The largest absolute Gasteiger partial charge is 0.507 e. The Morgan fingerprint density at radius 1 is 0.984 bits per heavy atom. The topological polar surface area (TPSA) is 239 Å². The number of hydrogen-bond donors (Lipinski definition) is 6. The van der Waals surface area contributed by atoms with Gasteiger partial charge in [0.2, 0.25) is 10.9 Å². The van der Waals surface area contributed by atoms with E-state index in [1.165, 1.54) is 59.3 Å². The molecule has 3 aliphatic heterocycles. The van der Waals surface area contributed by atoms with Crippen LogP contribution in [0, 0.1) is 24.7 Å². The number of ether oxygens (including phenoxy) is 4. The molecule has 4 heterocycles. The van der Waals surface area contributed by atoms with E-state index in [0.717, 1.165) is 0 Å². The van der Waals surface area contributed by atoms with Crippen LogP contribution in [0.25, 0.3) is 38.7 Å². The summed E-state index contributed by atoms with van der Waals surface area (Å²) in [5, 5.41) is 52.1. The summed E-state index contributed by atoms with van der Waals surface area (Å²) in [6, 6.07) is 3.09. The standard InChI is InChI=1S/C46H54N4O13/c1-21-10-9-11-22(2)45(58)49-37-41(56)33-32(36-43(37)62-31-19-27(18-29(52)35(31)48-36)50-15-13-47-14-16-50)34-42(25(5)40(33)55)63-46(7,44(34)57)60-17-12-28(59-8)20-30(61-26(6)51)23(3)39(54)24(4)38(21)53/h9-12,17-19,21,23-24,28,30,38-39,47,53-55,57H,13-16,20H2,1-8H3,(H,49,58)/b10-9+,17-12+,22-11-/t21-,23-,24+,28-,30+,38-,39-,46-/m0/s1. The number of nitrogens with zero attached hydrogens (tertiary/aromatic N) is 2. The normalized spacial score (nSPS) is 29.3. The lowest BCUT2D eigenvalue weighted by Crippen LogP contribution is -2.43. The number of benzene rings is 3. The van der Waals surface area contributed by atoms with Gasteiger partial charge in [0.15, 0.2) is 22.4 Å². The molecule has 7 rings (SSSR count). The van der Waals surface area contributed by atoms with Crippen molar-refractivity contribution in [1.82, 2.24) is 10.3 Å². The van der Waals surface area contributed by atoms with Gasteiger partial charge in [0.1, 0.15) is 28.8 Å². The molecule has 0 spiro atoms. The number of phenols is 1. The zero-order chi connectivity index (χ0) is 45.7. The van der Waals surface area contributed by atoms with E-state index in [1.54, 1.807) is 39.0 Å². The SMILES string of the molecule is CO[C@H]1/C=C/O[C@@]2(C)Oc3c(C)c(O)c4c(=O)c(c5oc6cc(N7CCNCC7)cc(=O)c6nc5c4c3=C2O)NC(=O)/C(C)=C\C=C\[C@H](C)[C@H](O)[C@@H](C)[C@@H](O)[C@@H](C)[C@H](OC(C)=O)C1. The van der Waals surface area contributed by atoms with Crippen LogP contribution in [0.1, 0.15) is 53.5 Å². The number of hydrogen-bond acceptors (Lipinski definition) is 16. The van der Waals surface area contributed by atoms with Gasteiger partial charge in [-0.2, -0.15) is 0 Å². The average Bonchev–Trinajstić information content (AvgIpc) is 3.52. The van der Waals surface area contributed by atoms with Gasteiger partial charge in [-0.05, 0) is 19.9 Å². The van der Waals surface area contributed by atoms with Crippen molar-refractivity contribution in [3.05, 3.63) is 79.5 Å². The number of rotatable bonds is 3. The van der Waals surface area contributed by atoms with Crippen molar-refractivity contribution in [2.24, 2.45) is 17.8 Å². The van der Waals surface area contributed by atoms with E-state index in [9.17, 15) is 39.6 Å². The predicted molar refractivity (Wildman–Crippen MR) is 236 cm³/mol. The van der Waals surface area contributed by atoms with Gasteiger partial charge in [-0.15, -0.1) is 0 Å². The Morgan fingerprint density at radius 3 is 2.38 bits per heavy atom. The van der Waals surface area contributed by atoms with E-state index in [4.69, 9.17) is 28.3 Å². The molecule has 4 bridgehead atoms. The predicted octanol–water partition coefficient (Wildman–Crippen LogP) is 3.72. The van der Waals surface area contributed by atoms with E-state index in [2.05, 4.69) is 10.6 Å². The molecule has 1 fully saturated rings. The minimum Gasteiger partial charge on any atom is -0.507 e. The summed E-state index contributed by atoms with van der Waals surface area (Å²) in [5.41, 5.74) is -1.41. The maximum absolute atomic E-state index is 14.8. The second kappa shape index (κ2) is 17.6. The number of nitrogens with one attached hydrogen (secondary N) is 2. The molecule has 4 aromatic rings. The lowest BCUT2D eigenvalue weighted by molar-refractivity contribution is -0.155. The second-order valence-electron chi connectivity index (χ2n) is 16.8. The number of anilines is 2. The van der Waals surface area contributed by atoms with Gasteiger partial charge in [0.25, 0.3) is 5.91 Å². The molecular weight excluding hydrogens is 817 g/mol. The van der Waals surface area contributed by atoms with E-state index in [0.29, 0.717) is 31.9 Å². The minimum absolute atomic E-state index is 0.0294. The smallest absolute Gasteiger partial charge is 0.307 e. The van der Waals surface area contributed by atoms with Gasteiger partial charge in [-0.25, -0.2) is 4.98 Å². The van der Waals surface area contributed by atoms with Crippen LogP contribution in [0.15, 0.2) is 62.3 Å². The first-order valence-corrected chi connectivity index (χ1v) is 21.0. The first-order valence-electron chi connectivity index (χ1n) is 21.0. The Kier molecular flexibility index (Phi) is 12.6. The number of carbonyl (C=O) groups excluding carboxylic acids is 2. The number of aliphatic hydroxyl groups excluding tert-OH is 3. The monoisotopic (exact) mass is 870 g/mol. The van der Waals surface area contributed by atoms with Crippen LogP contribution in [-0.4, -0.2) is 101 Å². The zero-order valence-electron chi connectivity index (χ0n) is 36.5. The summed E-state index contributed by atoms with van der Waals surface area (Å²) < 4.78 is 30.1. The van der Waals surface area contributed by atoms with Crippen molar-refractivity contribution >= 4 is 62.0 Å². The van der Waals surface area contributed by atoms with E-state index >= 15 is 0 Å². The molecule has 8 atom stereocenters. The Hall–Kier alpha value is -6.01. The molecule has 3 aliphatic rings. The number of fused-ring (bicyclic) bond motifs is 2. The molecule has 336 valence electrons. The fraction of sp³-hybridized carbons (Fsp3) is 0.457. The van der Waals surface area contributed by atoms with Gasteiger partial charge < -0.3 is 59.3 Å². The Balaban J connectivity index is 1.48.